The van der Waals surface area contributed by atoms with Crippen molar-refractivity contribution >= 4 is 16.6 Å². The zero-order chi connectivity index (χ0) is 14.1. The van der Waals surface area contributed by atoms with Crippen molar-refractivity contribution in [3.8, 4) is 0 Å². The van der Waals surface area contributed by atoms with Crippen LogP contribution < -0.4 is 10.9 Å². The second-order valence-corrected chi connectivity index (χ2v) is 6.36. The summed E-state index contributed by atoms with van der Waals surface area (Å²) in [5, 5.41) is 5.27. The maximum Gasteiger partial charge on any atom is 0.257 e. The van der Waals surface area contributed by atoms with E-state index >= 15 is 0 Å². The average molecular weight is 270 g/mol. The summed E-state index contributed by atoms with van der Waals surface area (Å²) in [7, 11) is 0. The van der Waals surface area contributed by atoms with Crippen LogP contribution in [0.15, 0.2) is 35.1 Å². The third-order valence-corrected chi connectivity index (χ3v) is 4.29. The van der Waals surface area contributed by atoms with Gasteiger partial charge in [-0.1, -0.05) is 32.0 Å². The van der Waals surface area contributed by atoms with Gasteiger partial charge in [-0.15, -0.1) is 0 Å². The SMILES string of the molecule is CC1CC(C)CC(Nc2cc3ccccc3c(=O)[nH]2)C1. The highest BCUT2D eigenvalue weighted by Crippen LogP contribution is 2.30. The second kappa shape index (κ2) is 5.31. The molecule has 3 heteroatoms. The number of pyridine rings is 1. The van der Waals surface area contributed by atoms with Crippen LogP contribution in [0.1, 0.15) is 33.1 Å². The molecule has 2 aromatic rings. The Kier molecular flexibility index (Phi) is 3.51. The third kappa shape index (κ3) is 2.72. The van der Waals surface area contributed by atoms with E-state index in [1.165, 1.54) is 19.3 Å². The summed E-state index contributed by atoms with van der Waals surface area (Å²) in [5.74, 6) is 2.35. The molecule has 1 aliphatic rings. The molecule has 0 spiro atoms. The Morgan fingerprint density at radius 1 is 1.10 bits per heavy atom. The molecule has 0 saturated heterocycles. The minimum Gasteiger partial charge on any atom is -0.369 e. The van der Waals surface area contributed by atoms with Crippen molar-refractivity contribution in [1.29, 1.82) is 0 Å². The van der Waals surface area contributed by atoms with E-state index in [0.29, 0.717) is 6.04 Å². The van der Waals surface area contributed by atoms with Crippen LogP contribution in [0.5, 0.6) is 0 Å². The van der Waals surface area contributed by atoms with Crippen molar-refractivity contribution in [2.75, 3.05) is 5.32 Å². The van der Waals surface area contributed by atoms with Crippen LogP contribution >= 0.6 is 0 Å². The van der Waals surface area contributed by atoms with Crippen LogP contribution in [0.3, 0.4) is 0 Å². The molecule has 0 aliphatic heterocycles. The normalized spacial score (nSPS) is 26.6. The van der Waals surface area contributed by atoms with Crippen molar-refractivity contribution in [2.24, 2.45) is 11.8 Å². The monoisotopic (exact) mass is 270 g/mol. The molecule has 1 heterocycles. The molecular formula is C17H22N2O. The first-order valence-electron chi connectivity index (χ1n) is 7.50. The molecule has 3 nitrogen and oxygen atoms in total. The maximum absolute atomic E-state index is 12.1. The fraction of sp³-hybridized carbons (Fsp3) is 0.471. The molecule has 3 rings (SSSR count). The van der Waals surface area contributed by atoms with Gasteiger partial charge in [-0.05, 0) is 48.6 Å². The molecule has 0 radical (unpaired) electrons. The Labute approximate surface area is 119 Å². The van der Waals surface area contributed by atoms with Gasteiger partial charge in [0.1, 0.15) is 5.82 Å². The third-order valence-electron chi connectivity index (χ3n) is 4.29. The van der Waals surface area contributed by atoms with Gasteiger partial charge in [-0.2, -0.15) is 0 Å². The van der Waals surface area contributed by atoms with Crippen LogP contribution in [0.25, 0.3) is 10.8 Å². The number of anilines is 1. The van der Waals surface area contributed by atoms with E-state index in [1.54, 1.807) is 0 Å². The van der Waals surface area contributed by atoms with Gasteiger partial charge in [0.2, 0.25) is 0 Å². The van der Waals surface area contributed by atoms with Gasteiger partial charge in [0.25, 0.3) is 5.56 Å². The van der Waals surface area contributed by atoms with E-state index in [9.17, 15) is 4.79 Å². The fourth-order valence-corrected chi connectivity index (χ4v) is 3.57. The molecule has 20 heavy (non-hydrogen) atoms. The highest BCUT2D eigenvalue weighted by molar-refractivity contribution is 5.83. The van der Waals surface area contributed by atoms with Gasteiger partial charge in [-0.25, -0.2) is 0 Å². The summed E-state index contributed by atoms with van der Waals surface area (Å²) < 4.78 is 0. The van der Waals surface area contributed by atoms with Crippen LogP contribution in [0.2, 0.25) is 0 Å². The number of aromatic amines is 1. The molecule has 1 fully saturated rings. The molecule has 2 N–H and O–H groups in total. The van der Waals surface area contributed by atoms with Gasteiger partial charge in [0.05, 0.1) is 0 Å². The lowest BCUT2D eigenvalue weighted by molar-refractivity contribution is 0.280. The van der Waals surface area contributed by atoms with Crippen molar-refractivity contribution < 1.29 is 0 Å². The summed E-state index contributed by atoms with van der Waals surface area (Å²) in [5.41, 5.74) is -0.0116. The van der Waals surface area contributed by atoms with Crippen molar-refractivity contribution in [1.82, 2.24) is 4.98 Å². The van der Waals surface area contributed by atoms with Crippen molar-refractivity contribution in [2.45, 2.75) is 39.2 Å². The first kappa shape index (κ1) is 13.2. The number of hydrogen-bond acceptors (Lipinski definition) is 2. The van der Waals surface area contributed by atoms with Crippen molar-refractivity contribution in [3.63, 3.8) is 0 Å². The predicted molar refractivity (Wildman–Crippen MR) is 84.2 cm³/mol. The highest BCUT2D eigenvalue weighted by atomic mass is 16.1. The Hall–Kier alpha value is -1.77. The summed E-state index contributed by atoms with van der Waals surface area (Å²) in [6, 6.07) is 10.2. The number of hydrogen-bond donors (Lipinski definition) is 2. The highest BCUT2D eigenvalue weighted by Gasteiger charge is 2.23. The number of benzene rings is 1. The van der Waals surface area contributed by atoms with Gasteiger partial charge in [0, 0.05) is 11.4 Å². The number of H-pyrrole nitrogens is 1. The Morgan fingerprint density at radius 2 is 1.80 bits per heavy atom. The molecule has 1 aromatic carbocycles. The lowest BCUT2D eigenvalue weighted by atomic mass is 9.80. The van der Waals surface area contributed by atoms with Crippen LogP contribution in [0.4, 0.5) is 5.82 Å². The largest absolute Gasteiger partial charge is 0.369 e. The summed E-state index contributed by atoms with van der Waals surface area (Å²) >= 11 is 0. The first-order chi connectivity index (χ1) is 9.61. The van der Waals surface area contributed by atoms with E-state index in [-0.39, 0.29) is 5.56 Å². The molecular weight excluding hydrogens is 248 g/mol. The molecule has 0 amide bonds. The molecule has 1 saturated carbocycles. The minimum atomic E-state index is -0.0116. The van der Waals surface area contributed by atoms with Crippen molar-refractivity contribution in [3.05, 3.63) is 40.7 Å². The molecule has 1 aliphatic carbocycles. The lowest BCUT2D eigenvalue weighted by Crippen LogP contribution is -2.31. The number of rotatable bonds is 2. The first-order valence-corrected chi connectivity index (χ1v) is 7.50. The molecule has 106 valence electrons. The quantitative estimate of drug-likeness (QED) is 0.872. The summed E-state index contributed by atoms with van der Waals surface area (Å²) in [6.07, 6.45) is 3.67. The number of nitrogens with one attached hydrogen (secondary N) is 2. The van der Waals surface area contributed by atoms with Crippen LogP contribution in [-0.4, -0.2) is 11.0 Å². The van der Waals surface area contributed by atoms with E-state index in [2.05, 4.69) is 24.1 Å². The average Bonchev–Trinajstić information content (AvgIpc) is 2.37. The standard InChI is InChI=1S/C17H22N2O/c1-11-7-12(2)9-14(8-11)18-16-10-13-5-3-4-6-15(13)17(20)19-16/h3-6,10-12,14H,7-9H2,1-2H3,(H2,18,19,20). The second-order valence-electron chi connectivity index (χ2n) is 6.36. The van der Waals surface area contributed by atoms with E-state index in [1.807, 2.05) is 30.3 Å². The van der Waals surface area contributed by atoms with Crippen LogP contribution in [0, 0.1) is 11.8 Å². The van der Waals surface area contributed by atoms with Crippen LogP contribution in [-0.2, 0) is 0 Å². The number of fused-ring (bicyclic) bond motifs is 1. The van der Waals surface area contributed by atoms with E-state index in [0.717, 1.165) is 28.4 Å². The molecule has 0 bridgehead atoms. The number of aromatic nitrogens is 1. The smallest absolute Gasteiger partial charge is 0.257 e. The Bertz CT molecular complexity index is 651. The molecule has 2 atom stereocenters. The zero-order valence-electron chi connectivity index (χ0n) is 12.1. The zero-order valence-corrected chi connectivity index (χ0v) is 12.1. The van der Waals surface area contributed by atoms with Gasteiger partial charge in [0.15, 0.2) is 0 Å². The van der Waals surface area contributed by atoms with Gasteiger partial charge in [-0.3, -0.25) is 4.79 Å². The minimum absolute atomic E-state index is 0.0116. The summed E-state index contributed by atoms with van der Waals surface area (Å²) in [4.78, 5) is 15.0. The lowest BCUT2D eigenvalue weighted by Gasteiger charge is -2.32. The topological polar surface area (TPSA) is 44.9 Å². The predicted octanol–water partition coefficient (Wildman–Crippen LogP) is 3.76. The fourth-order valence-electron chi connectivity index (χ4n) is 3.57. The Morgan fingerprint density at radius 3 is 2.55 bits per heavy atom. The molecule has 1 aromatic heterocycles. The maximum atomic E-state index is 12.1. The van der Waals surface area contributed by atoms with Gasteiger partial charge < -0.3 is 10.3 Å². The van der Waals surface area contributed by atoms with Gasteiger partial charge >= 0.3 is 0 Å². The van der Waals surface area contributed by atoms with E-state index < -0.39 is 0 Å². The molecule has 2 unspecified atom stereocenters. The van der Waals surface area contributed by atoms with E-state index in [4.69, 9.17) is 0 Å². The Balaban J connectivity index is 1.86. The summed E-state index contributed by atoms with van der Waals surface area (Å²) in [6.45, 7) is 4.63.